The monoisotopic (exact) mass is 318 g/mol. The summed E-state index contributed by atoms with van der Waals surface area (Å²) in [6.07, 6.45) is 8.99. The molecule has 0 heterocycles. The van der Waals surface area contributed by atoms with Crippen LogP contribution in [0.2, 0.25) is 0 Å². The fourth-order valence-corrected chi connectivity index (χ4v) is 4.31. The van der Waals surface area contributed by atoms with Crippen molar-refractivity contribution in [1.29, 1.82) is 0 Å². The molecule has 2 atom stereocenters. The largest absolute Gasteiger partial charge is 0.317 e. The Hall–Kier alpha value is -0.130. The third-order valence-corrected chi connectivity index (χ3v) is 5.83. The molecule has 2 unspecified atom stereocenters. The lowest BCUT2D eigenvalue weighted by Gasteiger charge is -2.26. The molecular weight excluding hydrogens is 284 g/mol. The summed E-state index contributed by atoms with van der Waals surface area (Å²) < 4.78 is 26.6. The molecular formula is C16H34N2O2S. The number of nitrogens with one attached hydrogen (secondary N) is 2. The molecule has 0 saturated heterocycles. The normalized spacial score (nSPS) is 23.3. The first kappa shape index (κ1) is 18.9. The minimum absolute atomic E-state index is 0.266. The van der Waals surface area contributed by atoms with E-state index in [9.17, 15) is 8.42 Å². The Kier molecular flexibility index (Phi) is 9.52. The van der Waals surface area contributed by atoms with Crippen LogP contribution >= 0.6 is 0 Å². The molecule has 0 aromatic heterocycles. The maximum atomic E-state index is 11.9. The van der Waals surface area contributed by atoms with Gasteiger partial charge in [0, 0.05) is 6.54 Å². The van der Waals surface area contributed by atoms with Gasteiger partial charge in [0.2, 0.25) is 10.0 Å². The molecule has 0 amide bonds. The van der Waals surface area contributed by atoms with Gasteiger partial charge in [-0.25, -0.2) is 13.1 Å². The van der Waals surface area contributed by atoms with Gasteiger partial charge in [0.05, 0.1) is 5.75 Å². The second kappa shape index (κ2) is 10.6. The van der Waals surface area contributed by atoms with Gasteiger partial charge in [-0.1, -0.05) is 33.1 Å². The zero-order valence-electron chi connectivity index (χ0n) is 13.9. The maximum Gasteiger partial charge on any atom is 0.211 e. The Morgan fingerprint density at radius 2 is 1.90 bits per heavy atom. The maximum absolute atomic E-state index is 11.9. The fourth-order valence-electron chi connectivity index (χ4n) is 3.16. The summed E-state index contributed by atoms with van der Waals surface area (Å²) in [5, 5.41) is 3.30. The van der Waals surface area contributed by atoms with Crippen molar-refractivity contribution in [3.05, 3.63) is 0 Å². The van der Waals surface area contributed by atoms with Gasteiger partial charge in [-0.15, -0.1) is 0 Å². The van der Waals surface area contributed by atoms with Crippen LogP contribution in [-0.2, 0) is 10.0 Å². The highest BCUT2D eigenvalue weighted by Crippen LogP contribution is 2.30. The first-order valence-corrected chi connectivity index (χ1v) is 10.4. The molecule has 0 radical (unpaired) electrons. The van der Waals surface area contributed by atoms with Crippen LogP contribution in [0.4, 0.5) is 0 Å². The summed E-state index contributed by atoms with van der Waals surface area (Å²) in [6.45, 7) is 7.00. The van der Waals surface area contributed by atoms with Gasteiger partial charge in [0.25, 0.3) is 0 Å². The van der Waals surface area contributed by atoms with Crippen LogP contribution in [-0.4, -0.2) is 33.8 Å². The van der Waals surface area contributed by atoms with Crippen molar-refractivity contribution in [1.82, 2.24) is 10.0 Å². The molecule has 21 heavy (non-hydrogen) atoms. The van der Waals surface area contributed by atoms with E-state index < -0.39 is 10.0 Å². The van der Waals surface area contributed by atoms with E-state index in [4.69, 9.17) is 0 Å². The molecule has 0 aromatic rings. The van der Waals surface area contributed by atoms with Crippen molar-refractivity contribution in [3.63, 3.8) is 0 Å². The van der Waals surface area contributed by atoms with Crippen LogP contribution in [0.3, 0.4) is 0 Å². The minimum atomic E-state index is -3.07. The Bertz CT molecular complexity index is 357. The lowest BCUT2D eigenvalue weighted by atomic mass is 9.81. The minimum Gasteiger partial charge on any atom is -0.317 e. The van der Waals surface area contributed by atoms with Gasteiger partial charge >= 0.3 is 0 Å². The quantitative estimate of drug-likeness (QED) is 0.576. The highest BCUT2D eigenvalue weighted by Gasteiger charge is 2.19. The summed E-state index contributed by atoms with van der Waals surface area (Å²) in [6, 6.07) is 0. The highest BCUT2D eigenvalue weighted by molar-refractivity contribution is 7.89. The van der Waals surface area contributed by atoms with E-state index in [1.54, 1.807) is 0 Å². The molecule has 1 fully saturated rings. The first-order chi connectivity index (χ1) is 10.0. The summed E-state index contributed by atoms with van der Waals surface area (Å²) in [5.41, 5.74) is 0. The molecule has 5 heteroatoms. The molecule has 1 aliphatic carbocycles. The molecule has 0 aliphatic heterocycles. The van der Waals surface area contributed by atoms with E-state index in [1.807, 2.05) is 0 Å². The Labute approximate surface area is 131 Å². The van der Waals surface area contributed by atoms with Gasteiger partial charge in [-0.3, -0.25) is 0 Å². The SMILES string of the molecule is CCCNCCCCS(=O)(=O)NCCC1CCCC(C)C1. The van der Waals surface area contributed by atoms with E-state index in [2.05, 4.69) is 23.9 Å². The van der Waals surface area contributed by atoms with Gasteiger partial charge < -0.3 is 5.32 Å². The van der Waals surface area contributed by atoms with E-state index in [-0.39, 0.29) is 5.75 Å². The summed E-state index contributed by atoms with van der Waals surface area (Å²) in [7, 11) is -3.07. The van der Waals surface area contributed by atoms with Crippen molar-refractivity contribution in [2.45, 2.75) is 65.2 Å². The third-order valence-electron chi connectivity index (χ3n) is 4.36. The van der Waals surface area contributed by atoms with E-state index in [0.717, 1.165) is 50.6 Å². The summed E-state index contributed by atoms with van der Waals surface area (Å²) in [4.78, 5) is 0. The molecule has 1 aliphatic rings. The van der Waals surface area contributed by atoms with Gasteiger partial charge in [0.15, 0.2) is 0 Å². The van der Waals surface area contributed by atoms with Crippen LogP contribution in [0.5, 0.6) is 0 Å². The van der Waals surface area contributed by atoms with Crippen LogP contribution in [0.25, 0.3) is 0 Å². The van der Waals surface area contributed by atoms with Crippen molar-refractivity contribution < 1.29 is 8.42 Å². The van der Waals surface area contributed by atoms with E-state index in [1.165, 1.54) is 25.7 Å². The molecule has 0 bridgehead atoms. The second-order valence-corrected chi connectivity index (χ2v) is 8.52. The number of rotatable bonds is 11. The smallest absolute Gasteiger partial charge is 0.211 e. The number of hydrogen-bond donors (Lipinski definition) is 2. The molecule has 126 valence electrons. The van der Waals surface area contributed by atoms with Crippen molar-refractivity contribution in [3.8, 4) is 0 Å². The zero-order chi connectivity index (χ0) is 15.6. The standard InChI is InChI=1S/C16H34N2O2S/c1-3-10-17-11-4-5-13-21(19,20)18-12-9-16-8-6-7-15(2)14-16/h15-18H,3-14H2,1-2H3. The van der Waals surface area contributed by atoms with Crippen LogP contribution < -0.4 is 10.0 Å². The predicted octanol–water partition coefficient (Wildman–Crippen LogP) is 2.90. The van der Waals surface area contributed by atoms with Gasteiger partial charge in [0.1, 0.15) is 0 Å². The molecule has 1 rings (SSSR count). The topological polar surface area (TPSA) is 58.2 Å². The lowest BCUT2D eigenvalue weighted by Crippen LogP contribution is -2.29. The predicted molar refractivity (Wildman–Crippen MR) is 89.9 cm³/mol. The number of hydrogen-bond acceptors (Lipinski definition) is 3. The number of unbranched alkanes of at least 4 members (excludes halogenated alkanes) is 1. The Morgan fingerprint density at radius 3 is 2.62 bits per heavy atom. The molecule has 2 N–H and O–H groups in total. The number of sulfonamides is 1. The third kappa shape index (κ3) is 9.48. The average Bonchev–Trinajstić information content (AvgIpc) is 2.42. The van der Waals surface area contributed by atoms with Crippen LogP contribution in [0, 0.1) is 11.8 Å². The Morgan fingerprint density at radius 1 is 1.10 bits per heavy atom. The van der Waals surface area contributed by atoms with E-state index in [0.29, 0.717) is 6.54 Å². The van der Waals surface area contributed by atoms with Gasteiger partial charge in [-0.2, -0.15) is 0 Å². The lowest BCUT2D eigenvalue weighted by molar-refractivity contribution is 0.271. The first-order valence-electron chi connectivity index (χ1n) is 8.71. The molecule has 0 aromatic carbocycles. The van der Waals surface area contributed by atoms with Gasteiger partial charge in [-0.05, 0) is 57.0 Å². The van der Waals surface area contributed by atoms with Crippen molar-refractivity contribution in [2.75, 3.05) is 25.4 Å². The fraction of sp³-hybridized carbons (Fsp3) is 1.00. The zero-order valence-corrected chi connectivity index (χ0v) is 14.7. The van der Waals surface area contributed by atoms with Crippen LogP contribution in [0.1, 0.15) is 65.2 Å². The van der Waals surface area contributed by atoms with E-state index >= 15 is 0 Å². The molecule has 1 saturated carbocycles. The van der Waals surface area contributed by atoms with Crippen molar-refractivity contribution >= 4 is 10.0 Å². The Balaban J connectivity index is 2.06. The van der Waals surface area contributed by atoms with Crippen molar-refractivity contribution in [2.24, 2.45) is 11.8 Å². The summed E-state index contributed by atoms with van der Waals surface area (Å²) in [5.74, 6) is 1.80. The second-order valence-electron chi connectivity index (χ2n) is 6.60. The highest BCUT2D eigenvalue weighted by atomic mass is 32.2. The molecule has 4 nitrogen and oxygen atoms in total. The van der Waals surface area contributed by atoms with Crippen LogP contribution in [0.15, 0.2) is 0 Å². The average molecular weight is 319 g/mol. The molecule has 0 spiro atoms. The summed E-state index contributed by atoms with van der Waals surface area (Å²) >= 11 is 0.